The monoisotopic (exact) mass is 104 g/mol. The van der Waals surface area contributed by atoms with Gasteiger partial charge in [-0.05, 0) is 13.0 Å². The summed E-state index contributed by atoms with van der Waals surface area (Å²) in [4.78, 5) is 0. The maximum absolute atomic E-state index is 5.35. The molecular formula is C3H12N2Si. The van der Waals surface area contributed by atoms with Crippen molar-refractivity contribution in [1.29, 1.82) is 0 Å². The molecule has 38 valence electrons. The summed E-state index contributed by atoms with van der Waals surface area (Å²) in [7, 11) is 1.10. The van der Waals surface area contributed by atoms with Crippen molar-refractivity contribution >= 4 is 10.2 Å². The lowest BCUT2D eigenvalue weighted by atomic mass is 10.3. The van der Waals surface area contributed by atoms with Crippen molar-refractivity contribution in [2.75, 3.05) is 0 Å². The summed E-state index contributed by atoms with van der Waals surface area (Å²) in [6.45, 7) is 1.83. The maximum atomic E-state index is 5.35. The van der Waals surface area contributed by atoms with Gasteiger partial charge in [0.25, 0.3) is 0 Å². The fourth-order valence-corrected chi connectivity index (χ4v) is 0. The number of rotatable bonds is 1. The number of nitrogens with two attached hydrogens (primary N) is 2. The van der Waals surface area contributed by atoms with Gasteiger partial charge in [-0.2, -0.15) is 0 Å². The van der Waals surface area contributed by atoms with Crippen LogP contribution in [0.3, 0.4) is 0 Å². The molecule has 0 radical (unpaired) electrons. The molecule has 0 rings (SSSR count). The SMILES string of the molecule is CC(N)(N)C[SiH3]. The first-order valence-corrected chi connectivity index (χ1v) is 3.55. The molecule has 4 N–H and O–H groups in total. The van der Waals surface area contributed by atoms with Gasteiger partial charge < -0.3 is 11.5 Å². The summed E-state index contributed by atoms with van der Waals surface area (Å²) in [5, 5.41) is 0. The third-order valence-electron chi connectivity index (χ3n) is 0.762. The lowest BCUT2D eigenvalue weighted by molar-refractivity contribution is 0.546. The van der Waals surface area contributed by atoms with Gasteiger partial charge in [-0.3, -0.25) is 0 Å². The average molecular weight is 104 g/mol. The molecule has 0 aromatic rings. The maximum Gasteiger partial charge on any atom is 0.0575 e. The summed E-state index contributed by atoms with van der Waals surface area (Å²) < 4.78 is 0. The van der Waals surface area contributed by atoms with Crippen LogP contribution in [0.15, 0.2) is 0 Å². The highest BCUT2D eigenvalue weighted by Gasteiger charge is 2.03. The van der Waals surface area contributed by atoms with E-state index in [0.29, 0.717) is 0 Å². The molecule has 0 aliphatic carbocycles. The first-order chi connectivity index (χ1) is 2.56. The van der Waals surface area contributed by atoms with Gasteiger partial charge in [-0.15, -0.1) is 0 Å². The molecule has 0 saturated carbocycles. The molecule has 0 aliphatic heterocycles. The van der Waals surface area contributed by atoms with Gasteiger partial charge in [0.15, 0.2) is 0 Å². The van der Waals surface area contributed by atoms with Crippen molar-refractivity contribution in [3.63, 3.8) is 0 Å². The number of hydrogen-bond donors (Lipinski definition) is 2. The lowest BCUT2D eigenvalue weighted by Crippen LogP contribution is -2.45. The van der Waals surface area contributed by atoms with E-state index in [1.807, 2.05) is 6.92 Å². The van der Waals surface area contributed by atoms with Crippen LogP contribution >= 0.6 is 0 Å². The summed E-state index contributed by atoms with van der Waals surface area (Å²) in [5.74, 6) is 0. The van der Waals surface area contributed by atoms with Crippen LogP contribution in [-0.4, -0.2) is 15.9 Å². The van der Waals surface area contributed by atoms with Crippen molar-refractivity contribution in [3.05, 3.63) is 0 Å². The summed E-state index contributed by atoms with van der Waals surface area (Å²) in [6.07, 6.45) is 0. The van der Waals surface area contributed by atoms with E-state index in [9.17, 15) is 0 Å². The van der Waals surface area contributed by atoms with Crippen LogP contribution in [0.5, 0.6) is 0 Å². The molecule has 0 heterocycles. The minimum Gasteiger partial charge on any atom is -0.314 e. The molecule has 0 bridgehead atoms. The molecule has 2 nitrogen and oxygen atoms in total. The normalized spacial score (nSPS) is 12.5. The summed E-state index contributed by atoms with van der Waals surface area (Å²) >= 11 is 0. The largest absolute Gasteiger partial charge is 0.314 e. The van der Waals surface area contributed by atoms with Gasteiger partial charge in [-0.1, -0.05) is 0 Å². The topological polar surface area (TPSA) is 52.0 Å². The van der Waals surface area contributed by atoms with E-state index in [1.54, 1.807) is 0 Å². The second kappa shape index (κ2) is 1.73. The Balaban J connectivity index is 3.17. The predicted molar refractivity (Wildman–Crippen MR) is 31.5 cm³/mol. The predicted octanol–water partition coefficient (Wildman–Crippen LogP) is -1.60. The Morgan fingerprint density at radius 1 is 1.67 bits per heavy atom. The van der Waals surface area contributed by atoms with Crippen LogP contribution in [0.2, 0.25) is 6.04 Å². The van der Waals surface area contributed by atoms with Gasteiger partial charge >= 0.3 is 0 Å². The van der Waals surface area contributed by atoms with E-state index in [0.717, 1.165) is 16.3 Å². The average Bonchev–Trinajstić information content (AvgIpc) is 1.35. The molecule has 0 saturated heterocycles. The zero-order chi connectivity index (χ0) is 5.21. The molecule has 0 atom stereocenters. The van der Waals surface area contributed by atoms with Gasteiger partial charge in [0.05, 0.1) is 5.66 Å². The van der Waals surface area contributed by atoms with Gasteiger partial charge in [0.2, 0.25) is 0 Å². The highest BCUT2D eigenvalue weighted by atomic mass is 28.1. The zero-order valence-corrected chi connectivity index (χ0v) is 6.36. The molecule has 0 aromatic carbocycles. The Morgan fingerprint density at radius 3 is 1.83 bits per heavy atom. The van der Waals surface area contributed by atoms with Crippen molar-refractivity contribution in [2.45, 2.75) is 18.6 Å². The Morgan fingerprint density at radius 2 is 1.83 bits per heavy atom. The molecule has 0 amide bonds. The molecule has 6 heavy (non-hydrogen) atoms. The zero-order valence-electron chi connectivity index (χ0n) is 4.36. The smallest absolute Gasteiger partial charge is 0.0575 e. The third kappa shape index (κ3) is 4.14. The quantitative estimate of drug-likeness (QED) is 0.311. The van der Waals surface area contributed by atoms with E-state index < -0.39 is 5.66 Å². The van der Waals surface area contributed by atoms with Crippen LogP contribution in [0.4, 0.5) is 0 Å². The van der Waals surface area contributed by atoms with Crippen LogP contribution in [0.1, 0.15) is 6.92 Å². The van der Waals surface area contributed by atoms with E-state index >= 15 is 0 Å². The van der Waals surface area contributed by atoms with E-state index in [1.165, 1.54) is 0 Å². The van der Waals surface area contributed by atoms with Crippen molar-refractivity contribution in [1.82, 2.24) is 0 Å². The molecular weight excluding hydrogens is 92.1 g/mol. The lowest BCUT2D eigenvalue weighted by Gasteiger charge is -2.13. The standard InChI is InChI=1S/C3H12N2Si/c1-3(4,5)2-6/h2,4-5H2,1,6H3. The highest BCUT2D eigenvalue weighted by Crippen LogP contribution is 1.88. The fourth-order valence-electron chi connectivity index (χ4n) is 0. The summed E-state index contributed by atoms with van der Waals surface area (Å²) in [6, 6.07) is 0.965. The van der Waals surface area contributed by atoms with Crippen LogP contribution < -0.4 is 11.5 Å². The van der Waals surface area contributed by atoms with Crippen LogP contribution in [0.25, 0.3) is 0 Å². The summed E-state index contributed by atoms with van der Waals surface area (Å²) in [5.41, 5.74) is 10.3. The van der Waals surface area contributed by atoms with E-state index in [-0.39, 0.29) is 0 Å². The van der Waals surface area contributed by atoms with Crippen molar-refractivity contribution < 1.29 is 0 Å². The minimum atomic E-state index is -0.397. The van der Waals surface area contributed by atoms with Crippen molar-refractivity contribution in [3.8, 4) is 0 Å². The molecule has 0 aliphatic rings. The Bertz CT molecular complexity index is 38.5. The molecule has 0 fully saturated rings. The molecule has 3 heteroatoms. The van der Waals surface area contributed by atoms with Gasteiger partial charge in [0, 0.05) is 10.2 Å². The first-order valence-electron chi connectivity index (χ1n) is 2.14. The van der Waals surface area contributed by atoms with Gasteiger partial charge in [-0.25, -0.2) is 0 Å². The molecule has 0 spiro atoms. The Kier molecular flexibility index (Phi) is 1.77. The fraction of sp³-hybridized carbons (Fsp3) is 1.00. The Hall–Kier alpha value is 0.137. The second-order valence-corrected chi connectivity index (χ2v) is 2.57. The minimum absolute atomic E-state index is 0.397. The molecule has 0 unspecified atom stereocenters. The van der Waals surface area contributed by atoms with Crippen LogP contribution in [-0.2, 0) is 0 Å². The third-order valence-corrected chi connectivity index (χ3v) is 2.29. The van der Waals surface area contributed by atoms with Gasteiger partial charge in [0.1, 0.15) is 0 Å². The van der Waals surface area contributed by atoms with E-state index in [2.05, 4.69) is 0 Å². The Labute approximate surface area is 41.3 Å². The van der Waals surface area contributed by atoms with Crippen LogP contribution in [0, 0.1) is 0 Å². The first kappa shape index (κ1) is 6.14. The number of hydrogen-bond acceptors (Lipinski definition) is 2. The molecule has 0 aromatic heterocycles. The highest BCUT2D eigenvalue weighted by molar-refractivity contribution is 6.09. The van der Waals surface area contributed by atoms with Crippen molar-refractivity contribution in [2.24, 2.45) is 11.5 Å². The second-order valence-electron chi connectivity index (χ2n) is 1.86. The van der Waals surface area contributed by atoms with E-state index in [4.69, 9.17) is 11.5 Å².